The highest BCUT2D eigenvalue weighted by Crippen LogP contribution is 2.18. The second-order valence-electron chi connectivity index (χ2n) is 6.52. The van der Waals surface area contributed by atoms with Gasteiger partial charge in [0.25, 0.3) is 0 Å². The summed E-state index contributed by atoms with van der Waals surface area (Å²) in [5.41, 5.74) is 0. The predicted octanol–water partition coefficient (Wildman–Crippen LogP) is 3.50. The molecule has 1 atom stereocenters. The normalized spacial score (nSPS) is 17.7. The summed E-state index contributed by atoms with van der Waals surface area (Å²) in [6, 6.07) is 0. The zero-order valence-corrected chi connectivity index (χ0v) is 14.5. The molecule has 1 fully saturated rings. The summed E-state index contributed by atoms with van der Waals surface area (Å²) < 4.78 is 0. The number of nitrogens with one attached hydrogen (secondary N) is 1. The summed E-state index contributed by atoms with van der Waals surface area (Å²) in [7, 11) is 1.66. The topological polar surface area (TPSA) is 49.4 Å². The maximum absolute atomic E-state index is 12.1. The fraction of sp³-hybridized carbons (Fsp3) is 0.889. The molecule has 1 rings (SSSR count). The van der Waals surface area contributed by atoms with Crippen molar-refractivity contribution in [3.05, 3.63) is 0 Å². The van der Waals surface area contributed by atoms with Gasteiger partial charge in [0.2, 0.25) is 11.8 Å². The van der Waals surface area contributed by atoms with Gasteiger partial charge in [0, 0.05) is 26.6 Å². The summed E-state index contributed by atoms with van der Waals surface area (Å²) in [6.07, 6.45) is 12.9. The van der Waals surface area contributed by atoms with Crippen molar-refractivity contribution in [1.82, 2.24) is 10.2 Å². The van der Waals surface area contributed by atoms with Crippen LogP contribution in [0.1, 0.15) is 77.6 Å². The van der Waals surface area contributed by atoms with Crippen LogP contribution in [0.15, 0.2) is 0 Å². The van der Waals surface area contributed by atoms with E-state index in [4.69, 9.17) is 0 Å². The van der Waals surface area contributed by atoms with E-state index in [0.29, 0.717) is 13.0 Å². The number of rotatable bonds is 11. The molecule has 0 saturated carbocycles. The molecule has 0 bridgehead atoms. The average molecular weight is 310 g/mol. The molecular formula is C18H34N2O2. The van der Waals surface area contributed by atoms with Crippen LogP contribution in [0.4, 0.5) is 0 Å². The lowest BCUT2D eigenvalue weighted by Gasteiger charge is -2.16. The summed E-state index contributed by atoms with van der Waals surface area (Å²) in [6.45, 7) is 3.60. The van der Waals surface area contributed by atoms with E-state index in [1.807, 2.05) is 4.90 Å². The van der Waals surface area contributed by atoms with Crippen molar-refractivity contribution < 1.29 is 9.59 Å². The van der Waals surface area contributed by atoms with E-state index in [-0.39, 0.29) is 17.7 Å². The van der Waals surface area contributed by atoms with Gasteiger partial charge in [0.1, 0.15) is 0 Å². The van der Waals surface area contributed by atoms with Crippen LogP contribution in [0.25, 0.3) is 0 Å². The van der Waals surface area contributed by atoms with Crippen LogP contribution >= 0.6 is 0 Å². The van der Waals surface area contributed by atoms with Gasteiger partial charge < -0.3 is 10.2 Å². The van der Waals surface area contributed by atoms with Gasteiger partial charge in [-0.25, -0.2) is 0 Å². The van der Waals surface area contributed by atoms with Crippen molar-refractivity contribution in [1.29, 1.82) is 0 Å². The van der Waals surface area contributed by atoms with Crippen LogP contribution in [0.3, 0.4) is 0 Å². The first-order valence-corrected chi connectivity index (χ1v) is 9.18. The highest BCUT2D eigenvalue weighted by Gasteiger charge is 2.29. The first-order chi connectivity index (χ1) is 10.7. The minimum atomic E-state index is -0.00271. The Morgan fingerprint density at radius 2 is 1.59 bits per heavy atom. The molecule has 0 spiro atoms. The van der Waals surface area contributed by atoms with Gasteiger partial charge >= 0.3 is 0 Å². The van der Waals surface area contributed by atoms with Crippen molar-refractivity contribution in [3.8, 4) is 0 Å². The van der Waals surface area contributed by atoms with Gasteiger partial charge in [-0.1, -0.05) is 58.3 Å². The van der Waals surface area contributed by atoms with Gasteiger partial charge in [0.15, 0.2) is 0 Å². The highest BCUT2D eigenvalue weighted by atomic mass is 16.2. The highest BCUT2D eigenvalue weighted by molar-refractivity contribution is 5.81. The third-order valence-electron chi connectivity index (χ3n) is 4.65. The summed E-state index contributed by atoms with van der Waals surface area (Å²) in [5.74, 6) is 0.296. The van der Waals surface area contributed by atoms with Crippen LogP contribution in [-0.2, 0) is 9.59 Å². The maximum atomic E-state index is 12.1. The van der Waals surface area contributed by atoms with E-state index < -0.39 is 0 Å². The lowest BCUT2D eigenvalue weighted by molar-refractivity contribution is -0.130. The third kappa shape index (κ3) is 7.28. The minimum Gasteiger partial charge on any atom is -0.359 e. The molecule has 1 saturated heterocycles. The first kappa shape index (κ1) is 19.0. The van der Waals surface area contributed by atoms with Gasteiger partial charge in [-0.15, -0.1) is 0 Å². The Bertz CT molecular complexity index is 331. The molecule has 0 radical (unpaired) electrons. The maximum Gasteiger partial charge on any atom is 0.224 e. The van der Waals surface area contributed by atoms with Crippen LogP contribution in [0.5, 0.6) is 0 Å². The van der Waals surface area contributed by atoms with E-state index in [0.717, 1.165) is 25.8 Å². The fourth-order valence-electron chi connectivity index (χ4n) is 3.15. The predicted molar refractivity (Wildman–Crippen MR) is 90.6 cm³/mol. The lowest BCUT2D eigenvalue weighted by atomic mass is 10.1. The van der Waals surface area contributed by atoms with Crippen LogP contribution in [0, 0.1) is 5.92 Å². The molecule has 128 valence electrons. The standard InChI is InChI=1S/C18H34N2O2/c1-3-4-5-6-7-8-9-10-11-12-17(21)20-14-13-16(15-20)18(22)19-2/h16H,3-15H2,1-2H3,(H,19,22). The molecular weight excluding hydrogens is 276 g/mol. The van der Waals surface area contributed by atoms with Gasteiger partial charge in [-0.05, 0) is 12.8 Å². The molecule has 1 heterocycles. The number of carbonyl (C=O) groups is 2. The Labute approximate surface area is 136 Å². The average Bonchev–Trinajstić information content (AvgIpc) is 3.02. The Morgan fingerprint density at radius 1 is 1.00 bits per heavy atom. The van der Waals surface area contributed by atoms with Crippen molar-refractivity contribution >= 4 is 11.8 Å². The number of hydrogen-bond acceptors (Lipinski definition) is 2. The molecule has 2 amide bonds. The molecule has 1 aliphatic heterocycles. The number of hydrogen-bond donors (Lipinski definition) is 1. The Hall–Kier alpha value is -1.06. The molecule has 1 N–H and O–H groups in total. The number of amides is 2. The molecule has 0 aromatic heterocycles. The van der Waals surface area contributed by atoms with E-state index in [9.17, 15) is 9.59 Å². The Kier molecular flexibility index (Phi) is 9.93. The SMILES string of the molecule is CCCCCCCCCCCC(=O)N1CCC(C(=O)NC)C1. The Balaban J connectivity index is 1.99. The summed E-state index contributed by atoms with van der Waals surface area (Å²) in [5, 5.41) is 2.67. The molecule has 4 nitrogen and oxygen atoms in total. The zero-order valence-electron chi connectivity index (χ0n) is 14.5. The fourth-order valence-corrected chi connectivity index (χ4v) is 3.15. The van der Waals surface area contributed by atoms with Crippen LogP contribution in [-0.4, -0.2) is 36.9 Å². The molecule has 22 heavy (non-hydrogen) atoms. The van der Waals surface area contributed by atoms with Gasteiger partial charge in [-0.3, -0.25) is 9.59 Å². The van der Waals surface area contributed by atoms with Crippen molar-refractivity contribution in [2.24, 2.45) is 5.92 Å². The van der Waals surface area contributed by atoms with Crippen LogP contribution < -0.4 is 5.32 Å². The largest absolute Gasteiger partial charge is 0.359 e. The minimum absolute atomic E-state index is 0.00271. The Morgan fingerprint density at radius 3 is 2.18 bits per heavy atom. The monoisotopic (exact) mass is 310 g/mol. The van der Waals surface area contributed by atoms with Gasteiger partial charge in [-0.2, -0.15) is 0 Å². The van der Waals surface area contributed by atoms with Crippen molar-refractivity contribution in [2.75, 3.05) is 20.1 Å². The van der Waals surface area contributed by atoms with Crippen LogP contribution in [0.2, 0.25) is 0 Å². The van der Waals surface area contributed by atoms with Crippen molar-refractivity contribution in [3.63, 3.8) is 0 Å². The third-order valence-corrected chi connectivity index (χ3v) is 4.65. The first-order valence-electron chi connectivity index (χ1n) is 9.18. The van der Waals surface area contributed by atoms with E-state index >= 15 is 0 Å². The van der Waals surface area contributed by atoms with E-state index in [2.05, 4.69) is 12.2 Å². The summed E-state index contributed by atoms with van der Waals surface area (Å²) in [4.78, 5) is 25.5. The summed E-state index contributed by atoms with van der Waals surface area (Å²) >= 11 is 0. The van der Waals surface area contributed by atoms with E-state index in [1.54, 1.807) is 7.05 Å². The molecule has 0 aromatic rings. The molecule has 0 aromatic carbocycles. The second-order valence-corrected chi connectivity index (χ2v) is 6.52. The number of nitrogens with zero attached hydrogens (tertiary/aromatic N) is 1. The molecule has 1 aliphatic rings. The molecule has 1 unspecified atom stereocenters. The second kappa shape index (κ2) is 11.5. The number of carbonyl (C=O) groups excluding carboxylic acids is 2. The zero-order chi connectivity index (χ0) is 16.2. The molecule has 4 heteroatoms. The smallest absolute Gasteiger partial charge is 0.224 e. The van der Waals surface area contributed by atoms with E-state index in [1.165, 1.54) is 44.9 Å². The lowest BCUT2D eigenvalue weighted by Crippen LogP contribution is -2.32. The molecule has 0 aliphatic carbocycles. The number of likely N-dealkylation sites (tertiary alicyclic amines) is 1. The number of unbranched alkanes of at least 4 members (excludes halogenated alkanes) is 8. The van der Waals surface area contributed by atoms with Crippen molar-refractivity contribution in [2.45, 2.75) is 77.6 Å². The quantitative estimate of drug-likeness (QED) is 0.594. The van der Waals surface area contributed by atoms with Gasteiger partial charge in [0.05, 0.1) is 5.92 Å².